The molecular weight excluding hydrogens is 661 g/mol. The molecule has 2 N–H and O–H groups in total. The second kappa shape index (κ2) is 12.8. The van der Waals surface area contributed by atoms with E-state index in [0.29, 0.717) is 0 Å². The molecule has 2 aliphatic heterocycles. The van der Waals surface area contributed by atoms with E-state index in [1.807, 2.05) is 10.9 Å². The van der Waals surface area contributed by atoms with Crippen molar-refractivity contribution < 1.29 is 0 Å². The summed E-state index contributed by atoms with van der Waals surface area (Å²) in [5.74, 6) is 0. The molecule has 0 spiro atoms. The maximum Gasteiger partial charge on any atom is 0.0738 e. The number of rotatable bonds is 4. The Kier molecular flexibility index (Phi) is 7.93. The number of nitrogens with one attached hydrogen (secondary N) is 2. The summed E-state index contributed by atoms with van der Waals surface area (Å²) in [6.07, 6.45) is 12.6. The van der Waals surface area contributed by atoms with E-state index in [2.05, 4.69) is 179 Å². The van der Waals surface area contributed by atoms with Gasteiger partial charge < -0.3 is 9.97 Å². The van der Waals surface area contributed by atoms with Gasteiger partial charge in [0.1, 0.15) is 0 Å². The van der Waals surface area contributed by atoms with Crippen molar-refractivity contribution >= 4 is 46.4 Å². The van der Waals surface area contributed by atoms with E-state index < -0.39 is 0 Å². The molecule has 54 heavy (non-hydrogen) atoms. The molecule has 0 radical (unpaired) electrons. The van der Waals surface area contributed by atoms with Crippen molar-refractivity contribution in [2.45, 2.75) is 47.1 Å². The van der Waals surface area contributed by atoms with E-state index in [9.17, 15) is 0 Å². The lowest BCUT2D eigenvalue weighted by Gasteiger charge is -2.18. The molecule has 0 fully saturated rings. The van der Waals surface area contributed by atoms with Gasteiger partial charge in [-0.3, -0.25) is 4.68 Å². The van der Waals surface area contributed by atoms with Crippen LogP contribution in [0.5, 0.6) is 0 Å². The van der Waals surface area contributed by atoms with E-state index in [0.717, 1.165) is 89.4 Å². The predicted octanol–water partition coefficient (Wildman–Crippen LogP) is 12.2. The summed E-state index contributed by atoms with van der Waals surface area (Å²) in [5.41, 5.74) is 19.3. The van der Waals surface area contributed by atoms with Gasteiger partial charge in [0.05, 0.1) is 34.5 Å². The van der Waals surface area contributed by atoms with E-state index in [-0.39, 0.29) is 5.54 Å². The molecule has 0 amide bonds. The first-order valence-corrected chi connectivity index (χ1v) is 18.5. The largest absolute Gasteiger partial charge is 0.354 e. The molecule has 6 heteroatoms. The van der Waals surface area contributed by atoms with Gasteiger partial charge in [0.15, 0.2) is 0 Å². The predicted molar refractivity (Wildman–Crippen MR) is 226 cm³/mol. The fourth-order valence-electron chi connectivity index (χ4n) is 7.40. The maximum atomic E-state index is 5.42. The highest BCUT2D eigenvalue weighted by atomic mass is 15.3. The molecule has 6 nitrogen and oxygen atoms in total. The van der Waals surface area contributed by atoms with Gasteiger partial charge >= 0.3 is 0 Å². The average Bonchev–Trinajstić information content (AvgIpc) is 4.00. The van der Waals surface area contributed by atoms with Gasteiger partial charge in [-0.15, -0.1) is 0 Å². The number of nitrogens with zero attached hydrogens (tertiary/aromatic N) is 4. The molecule has 2 aliphatic rings. The summed E-state index contributed by atoms with van der Waals surface area (Å²) < 4.78 is 2.02. The fraction of sp³-hybridized carbons (Fsp3) is 0.146. The van der Waals surface area contributed by atoms with Crippen molar-refractivity contribution in [3.05, 3.63) is 149 Å². The minimum atomic E-state index is -0.178. The Hall–Kier alpha value is -6.53. The first-order valence-electron chi connectivity index (χ1n) is 18.5. The third-order valence-corrected chi connectivity index (χ3v) is 10.3. The molecule has 9 rings (SSSR count). The lowest BCUT2D eigenvalue weighted by Crippen LogP contribution is -2.21. The molecule has 6 heterocycles. The Morgan fingerprint density at radius 1 is 0.426 bits per heavy atom. The summed E-state index contributed by atoms with van der Waals surface area (Å²) >= 11 is 0. The fourth-order valence-corrected chi connectivity index (χ4v) is 7.40. The van der Waals surface area contributed by atoms with Gasteiger partial charge in [-0.25, -0.2) is 9.97 Å². The molecule has 264 valence electrons. The molecule has 0 aliphatic carbocycles. The van der Waals surface area contributed by atoms with Crippen LogP contribution >= 0.6 is 0 Å². The normalized spacial score (nSPS) is 12.5. The number of aromatic amines is 2. The van der Waals surface area contributed by atoms with Crippen molar-refractivity contribution in [1.82, 2.24) is 29.7 Å². The third kappa shape index (κ3) is 6.00. The number of benzene rings is 3. The van der Waals surface area contributed by atoms with E-state index >= 15 is 0 Å². The first kappa shape index (κ1) is 33.3. The van der Waals surface area contributed by atoms with Crippen LogP contribution in [0.1, 0.15) is 60.2 Å². The van der Waals surface area contributed by atoms with E-state index in [4.69, 9.17) is 15.1 Å². The Labute approximate surface area is 315 Å². The van der Waals surface area contributed by atoms with Crippen LogP contribution in [0.2, 0.25) is 0 Å². The van der Waals surface area contributed by atoms with Crippen LogP contribution in [-0.4, -0.2) is 29.7 Å². The Morgan fingerprint density at radius 3 is 1.04 bits per heavy atom. The molecule has 4 aromatic heterocycles. The number of aromatic nitrogens is 6. The summed E-state index contributed by atoms with van der Waals surface area (Å²) in [6.45, 7) is 12.9. The van der Waals surface area contributed by atoms with Gasteiger partial charge in [0.25, 0.3) is 0 Å². The van der Waals surface area contributed by atoms with Crippen LogP contribution in [0.15, 0.2) is 109 Å². The summed E-state index contributed by atoms with van der Waals surface area (Å²) in [5, 5.41) is 4.82. The topological polar surface area (TPSA) is 75.2 Å². The molecule has 7 aromatic rings. The molecular formula is C48H42N6. The minimum absolute atomic E-state index is 0.178. The Bertz CT molecular complexity index is 2750. The van der Waals surface area contributed by atoms with Gasteiger partial charge in [0.2, 0.25) is 0 Å². The molecule has 3 aromatic carbocycles. The van der Waals surface area contributed by atoms with Crippen LogP contribution in [0, 0.1) is 20.8 Å². The van der Waals surface area contributed by atoms with Gasteiger partial charge in [-0.1, -0.05) is 89.5 Å². The highest BCUT2D eigenvalue weighted by Gasteiger charge is 2.21. The highest BCUT2D eigenvalue weighted by molar-refractivity contribution is 5.99. The van der Waals surface area contributed by atoms with Gasteiger partial charge in [0, 0.05) is 56.1 Å². The van der Waals surface area contributed by atoms with Gasteiger partial charge in [-0.05, 0) is 107 Å². The van der Waals surface area contributed by atoms with Crippen molar-refractivity contribution in [2.24, 2.45) is 0 Å². The van der Waals surface area contributed by atoms with Gasteiger partial charge in [-0.2, -0.15) is 5.10 Å². The zero-order chi connectivity index (χ0) is 37.1. The highest BCUT2D eigenvalue weighted by Crippen LogP contribution is 2.38. The van der Waals surface area contributed by atoms with Crippen LogP contribution in [0.4, 0.5) is 0 Å². The average molecular weight is 703 g/mol. The van der Waals surface area contributed by atoms with Crippen molar-refractivity contribution in [3.63, 3.8) is 0 Å². The van der Waals surface area contributed by atoms with Crippen molar-refractivity contribution in [2.75, 3.05) is 0 Å². The minimum Gasteiger partial charge on any atom is -0.354 e. The van der Waals surface area contributed by atoms with Crippen LogP contribution in [0.25, 0.3) is 90.9 Å². The lowest BCUT2D eigenvalue weighted by molar-refractivity contribution is 0.355. The second-order valence-corrected chi connectivity index (χ2v) is 15.4. The van der Waals surface area contributed by atoms with Crippen molar-refractivity contribution in [1.29, 1.82) is 0 Å². The third-order valence-electron chi connectivity index (χ3n) is 10.3. The molecule has 0 saturated heterocycles. The Balaban J connectivity index is 1.46. The van der Waals surface area contributed by atoms with E-state index in [1.165, 1.54) is 16.7 Å². The first-order chi connectivity index (χ1) is 26.1. The molecule has 0 unspecified atom stereocenters. The number of hydrogen-bond donors (Lipinski definition) is 2. The SMILES string of the molecule is Cc1ccc(-c2c3nc(c(-c4ccc(C)cc4)c4ccc([nH]4)c(-c4cnn(C(C)(C)C)c4)c4nc(c(-c5ccc(C)cc5)c5ccc2[nH]5)C=C4)C=C3)cc1. The summed E-state index contributed by atoms with van der Waals surface area (Å²) in [4.78, 5) is 18.5. The summed E-state index contributed by atoms with van der Waals surface area (Å²) in [7, 11) is 0. The molecule has 0 saturated carbocycles. The van der Waals surface area contributed by atoms with Crippen LogP contribution < -0.4 is 0 Å². The lowest BCUT2D eigenvalue weighted by atomic mass is 10.0. The Morgan fingerprint density at radius 2 is 0.741 bits per heavy atom. The van der Waals surface area contributed by atoms with Crippen LogP contribution in [0.3, 0.4) is 0 Å². The number of fused-ring (bicyclic) bond motifs is 8. The molecule has 8 bridgehead atoms. The van der Waals surface area contributed by atoms with Crippen molar-refractivity contribution in [3.8, 4) is 44.5 Å². The number of aryl methyl sites for hydroxylation is 3. The monoisotopic (exact) mass is 702 g/mol. The quantitative estimate of drug-likeness (QED) is 0.192. The van der Waals surface area contributed by atoms with Crippen LogP contribution in [-0.2, 0) is 5.54 Å². The summed E-state index contributed by atoms with van der Waals surface area (Å²) in [6, 6.07) is 34.8. The standard InChI is InChI=1S/C48H42N6/c1-29-7-13-32(14-8-29)44-36-19-21-38(50-36)45(33-15-9-30(2)10-16-33)40-23-25-42(52-40)47(35-27-49-54(28-35)48(4,5)6)43-26-24-41(53-43)46(39-22-20-37(44)51-39)34-17-11-31(3)12-18-34/h7-28,50,53H,1-6H3. The zero-order valence-corrected chi connectivity index (χ0v) is 31.5. The smallest absolute Gasteiger partial charge is 0.0738 e. The van der Waals surface area contributed by atoms with E-state index in [1.54, 1.807) is 0 Å². The zero-order valence-electron chi connectivity index (χ0n) is 31.5. The number of H-pyrrole nitrogens is 2. The number of hydrogen-bond acceptors (Lipinski definition) is 3. The molecule has 0 atom stereocenters. The second-order valence-electron chi connectivity index (χ2n) is 15.4. The maximum absolute atomic E-state index is 5.42.